The summed E-state index contributed by atoms with van der Waals surface area (Å²) in [6.07, 6.45) is 0. The maximum Gasteiger partial charge on any atom is 0.243 e. The van der Waals surface area contributed by atoms with Crippen LogP contribution in [0, 0.1) is 13.8 Å². The number of fused-ring (bicyclic) bond motifs is 1. The second kappa shape index (κ2) is 13.7. The molecule has 1 heterocycles. The van der Waals surface area contributed by atoms with E-state index in [1.54, 1.807) is 33.0 Å². The fraction of sp³-hybridized carbons (Fsp3) is 0.414. The second-order valence-electron chi connectivity index (χ2n) is 10.3. The van der Waals surface area contributed by atoms with Gasteiger partial charge in [0.05, 0.1) is 30.6 Å². The summed E-state index contributed by atoms with van der Waals surface area (Å²) in [7, 11) is 4.61. The fourth-order valence-corrected chi connectivity index (χ4v) is 5.92. The third-order valence-electron chi connectivity index (χ3n) is 6.61. The number of methoxy groups -OCH3 is 1. The minimum atomic E-state index is -3.93. The van der Waals surface area contributed by atoms with Crippen LogP contribution < -0.4 is 15.4 Å². The van der Waals surface area contributed by atoms with E-state index in [4.69, 9.17) is 4.74 Å². The highest BCUT2D eigenvalue weighted by molar-refractivity contribution is 7.89. The molecule has 0 aliphatic heterocycles. The van der Waals surface area contributed by atoms with Gasteiger partial charge in [0.2, 0.25) is 21.8 Å². The molecular formula is C29H40N6O5S. The van der Waals surface area contributed by atoms with Crippen molar-refractivity contribution in [3.8, 4) is 5.75 Å². The Labute approximate surface area is 242 Å². The summed E-state index contributed by atoms with van der Waals surface area (Å²) < 4.78 is 32.5. The number of anilines is 1. The number of ether oxygens (including phenoxy) is 1. The van der Waals surface area contributed by atoms with E-state index < -0.39 is 22.5 Å². The summed E-state index contributed by atoms with van der Waals surface area (Å²) in [5.74, 6) is 0.487. The zero-order chi connectivity index (χ0) is 30.3. The monoisotopic (exact) mass is 584 g/mol. The van der Waals surface area contributed by atoms with Crippen molar-refractivity contribution in [2.24, 2.45) is 0 Å². The molecule has 11 nitrogen and oxygen atoms in total. The molecule has 222 valence electrons. The first-order valence-electron chi connectivity index (χ1n) is 13.2. The molecule has 1 aromatic heterocycles. The lowest BCUT2D eigenvalue weighted by Gasteiger charge is -2.21. The first-order chi connectivity index (χ1) is 19.3. The van der Waals surface area contributed by atoms with Gasteiger partial charge in [0.25, 0.3) is 0 Å². The summed E-state index contributed by atoms with van der Waals surface area (Å²) >= 11 is 0. The van der Waals surface area contributed by atoms with Gasteiger partial charge in [-0.1, -0.05) is 6.07 Å². The number of nitrogens with one attached hydrogen (secondary N) is 2. The molecule has 0 radical (unpaired) electrons. The van der Waals surface area contributed by atoms with Gasteiger partial charge < -0.3 is 25.2 Å². The zero-order valence-electron chi connectivity index (χ0n) is 24.8. The van der Waals surface area contributed by atoms with Crippen molar-refractivity contribution in [1.82, 2.24) is 24.4 Å². The second-order valence-corrected chi connectivity index (χ2v) is 12.3. The van der Waals surface area contributed by atoms with E-state index in [0.29, 0.717) is 23.4 Å². The molecule has 0 bridgehead atoms. The average Bonchev–Trinajstić information content (AvgIpc) is 2.90. The number of aromatic nitrogens is 1. The van der Waals surface area contributed by atoms with E-state index in [1.807, 2.05) is 44.4 Å². The van der Waals surface area contributed by atoms with Gasteiger partial charge in [-0.3, -0.25) is 9.59 Å². The molecule has 0 unspecified atom stereocenters. The summed E-state index contributed by atoms with van der Waals surface area (Å²) in [5.41, 5.74) is 2.81. The van der Waals surface area contributed by atoms with E-state index >= 15 is 0 Å². The Kier molecular flexibility index (Phi) is 10.7. The number of carbonyl (C=O) groups is 2. The molecule has 2 amide bonds. The highest BCUT2D eigenvalue weighted by Crippen LogP contribution is 2.27. The molecule has 12 heteroatoms. The molecule has 3 aromatic rings. The zero-order valence-corrected chi connectivity index (χ0v) is 25.6. The highest BCUT2D eigenvalue weighted by Gasteiger charge is 2.27. The number of sulfonamides is 1. The Hall–Kier alpha value is -3.74. The number of hydrogen-bond donors (Lipinski definition) is 2. The van der Waals surface area contributed by atoms with Crippen LogP contribution in [0.1, 0.15) is 16.7 Å². The maximum absolute atomic E-state index is 13.2. The van der Waals surface area contributed by atoms with E-state index in [0.717, 1.165) is 39.7 Å². The van der Waals surface area contributed by atoms with E-state index in [-0.39, 0.29) is 17.3 Å². The minimum Gasteiger partial charge on any atom is -0.497 e. The Morgan fingerprint density at radius 1 is 0.976 bits per heavy atom. The molecule has 2 N–H and O–H groups in total. The van der Waals surface area contributed by atoms with Crippen molar-refractivity contribution in [3.05, 3.63) is 59.2 Å². The van der Waals surface area contributed by atoms with Crippen LogP contribution in [0.5, 0.6) is 5.75 Å². The van der Waals surface area contributed by atoms with Crippen molar-refractivity contribution in [2.45, 2.75) is 25.3 Å². The van der Waals surface area contributed by atoms with E-state index in [1.165, 1.54) is 19.1 Å². The summed E-state index contributed by atoms with van der Waals surface area (Å²) in [6, 6.07) is 13.0. The van der Waals surface area contributed by atoms with Gasteiger partial charge in [-0.25, -0.2) is 13.4 Å². The average molecular weight is 585 g/mol. The number of pyridine rings is 1. The molecular weight excluding hydrogens is 544 g/mol. The van der Waals surface area contributed by atoms with Crippen LogP contribution in [0.15, 0.2) is 47.4 Å². The Balaban J connectivity index is 1.54. The number of nitrogens with zero attached hydrogens (tertiary/aromatic N) is 4. The molecule has 3 rings (SSSR count). The summed E-state index contributed by atoms with van der Waals surface area (Å²) in [5, 5.41) is 6.80. The molecule has 2 aromatic carbocycles. The predicted octanol–water partition coefficient (Wildman–Crippen LogP) is 2.23. The van der Waals surface area contributed by atoms with Crippen LogP contribution in [0.2, 0.25) is 0 Å². The maximum atomic E-state index is 13.2. The number of aryl methyl sites for hydroxylation is 2. The number of carbonyl (C=O) groups excluding carboxylic acids is 2. The van der Waals surface area contributed by atoms with Crippen LogP contribution in [0.4, 0.5) is 5.82 Å². The van der Waals surface area contributed by atoms with E-state index in [2.05, 4.69) is 20.5 Å². The third kappa shape index (κ3) is 8.38. The minimum absolute atomic E-state index is 0.131. The van der Waals surface area contributed by atoms with Crippen molar-refractivity contribution in [3.63, 3.8) is 0 Å². The number of rotatable bonds is 13. The SMILES string of the molecule is COc1cc(C)c(S(=O)(=O)N(C)CC(=O)NCC(=O)N(C)Cc2ccc3nc(NCCN(C)C)ccc3c2)c(C)c1. The van der Waals surface area contributed by atoms with Crippen LogP contribution in [0.25, 0.3) is 10.9 Å². The Bertz CT molecular complexity index is 1490. The smallest absolute Gasteiger partial charge is 0.243 e. The topological polar surface area (TPSA) is 124 Å². The highest BCUT2D eigenvalue weighted by atomic mass is 32.2. The largest absolute Gasteiger partial charge is 0.497 e. The predicted molar refractivity (Wildman–Crippen MR) is 161 cm³/mol. The van der Waals surface area contributed by atoms with E-state index in [9.17, 15) is 18.0 Å². The number of hydrogen-bond acceptors (Lipinski definition) is 8. The molecule has 0 fully saturated rings. The molecule has 0 spiro atoms. The molecule has 0 aliphatic carbocycles. The normalized spacial score (nSPS) is 11.6. The lowest BCUT2D eigenvalue weighted by Crippen LogP contribution is -2.43. The Morgan fingerprint density at radius 3 is 2.29 bits per heavy atom. The van der Waals surface area contributed by atoms with Gasteiger partial charge in [0.15, 0.2) is 0 Å². The lowest BCUT2D eigenvalue weighted by molar-refractivity contribution is -0.132. The van der Waals surface area contributed by atoms with Crippen molar-refractivity contribution in [2.75, 3.05) is 66.8 Å². The third-order valence-corrected chi connectivity index (χ3v) is 8.71. The van der Waals surface area contributed by atoms with Gasteiger partial charge in [-0.2, -0.15) is 4.31 Å². The lowest BCUT2D eigenvalue weighted by atomic mass is 10.1. The molecule has 0 aliphatic rings. The molecule has 0 saturated heterocycles. The van der Waals surface area contributed by atoms with Gasteiger partial charge in [0, 0.05) is 39.1 Å². The summed E-state index contributed by atoms with van der Waals surface area (Å²) in [4.78, 5) is 33.6. The van der Waals surface area contributed by atoms with Crippen molar-refractivity contribution < 1.29 is 22.7 Å². The van der Waals surface area contributed by atoms with Crippen molar-refractivity contribution in [1.29, 1.82) is 0 Å². The van der Waals surface area contributed by atoms with Crippen LogP contribution in [-0.4, -0.2) is 101 Å². The van der Waals surface area contributed by atoms with Crippen molar-refractivity contribution >= 4 is 38.6 Å². The van der Waals surface area contributed by atoms with Gasteiger partial charge in [-0.05, 0) is 81.0 Å². The quantitative estimate of drug-likeness (QED) is 0.314. The van der Waals surface area contributed by atoms with Crippen LogP contribution >= 0.6 is 0 Å². The van der Waals surface area contributed by atoms with Gasteiger partial charge >= 0.3 is 0 Å². The van der Waals surface area contributed by atoms with Gasteiger partial charge in [0.1, 0.15) is 11.6 Å². The molecule has 0 atom stereocenters. The first kappa shape index (κ1) is 31.8. The molecule has 41 heavy (non-hydrogen) atoms. The Morgan fingerprint density at radius 2 is 1.66 bits per heavy atom. The standard InChI is InChI=1S/C29H40N6O5S/c1-20-14-24(40-7)15-21(2)29(20)41(38,39)35(6)19-27(36)31-17-28(37)34(5)18-22-8-10-25-23(16-22)9-11-26(32-25)30-12-13-33(3)4/h8-11,14-16H,12-13,17-19H2,1-7H3,(H,30,32)(H,31,36). The number of benzene rings is 2. The van der Waals surface area contributed by atoms with Gasteiger partial charge in [-0.15, -0.1) is 0 Å². The first-order valence-corrected chi connectivity index (χ1v) is 14.7. The summed E-state index contributed by atoms with van der Waals surface area (Å²) in [6.45, 7) is 4.73. The molecule has 0 saturated carbocycles. The number of amides is 2. The number of likely N-dealkylation sites (N-methyl/N-ethyl adjacent to an activating group) is 3. The van der Waals surface area contributed by atoms with Crippen LogP contribution in [-0.2, 0) is 26.2 Å². The fourth-order valence-electron chi connectivity index (χ4n) is 4.38. The van der Waals surface area contributed by atoms with Crippen LogP contribution in [0.3, 0.4) is 0 Å².